The number of carbonyl (C=O) groups excluding carboxylic acids is 2. The molecule has 1 spiro atoms. The summed E-state index contributed by atoms with van der Waals surface area (Å²) in [6.07, 6.45) is 1.01. The lowest BCUT2D eigenvalue weighted by atomic mass is 9.81. The number of ether oxygens (including phenoxy) is 2. The Hall–Kier alpha value is -2.03. The smallest absolute Gasteiger partial charge is 0.238 e. The van der Waals surface area contributed by atoms with Crippen molar-refractivity contribution >= 4 is 23.3 Å². The number of carbonyl (C=O) groups is 2. The normalized spacial score (nSPS) is 22.1. The number of likely N-dealkylation sites (tertiary alicyclic amines) is 1. The summed E-state index contributed by atoms with van der Waals surface area (Å²) in [4.78, 5) is 27.8. The number of halogens is 1. The van der Waals surface area contributed by atoms with Crippen LogP contribution in [0, 0.1) is 11.8 Å². The van der Waals surface area contributed by atoms with Crippen molar-refractivity contribution in [1.29, 1.82) is 0 Å². The molecular formula is C19H20ClNO4. The third-order valence-corrected chi connectivity index (χ3v) is 5.44. The molecule has 2 heterocycles. The zero-order valence-electron chi connectivity index (χ0n) is 14.5. The molecule has 1 aromatic rings. The molecule has 1 amide bonds. The molecule has 0 bridgehead atoms. The summed E-state index contributed by atoms with van der Waals surface area (Å²) in [5.74, 6) is 4.81. The van der Waals surface area contributed by atoms with Gasteiger partial charge in [-0.05, 0) is 19.1 Å². The van der Waals surface area contributed by atoms with Crippen molar-refractivity contribution in [3.63, 3.8) is 0 Å². The minimum Gasteiger partial charge on any atom is -0.496 e. The van der Waals surface area contributed by atoms with Crippen LogP contribution in [0.1, 0.15) is 36.8 Å². The minimum absolute atomic E-state index is 0.127. The standard InChI is InChI=1S/C19H20ClNO4/c1-4-5-12-10-13(20)15(14(11-12)24-3)16-17(22)19(21(2)18(16)23)6-8-25-9-7-19/h10-11,16H,6-9H2,1-3H3. The molecule has 5 nitrogen and oxygen atoms in total. The van der Waals surface area contributed by atoms with Crippen molar-refractivity contribution in [2.24, 2.45) is 0 Å². The second kappa shape index (κ2) is 6.70. The first kappa shape index (κ1) is 17.8. The number of likely N-dealkylation sites (N-methyl/N-ethyl adjacent to an activating group) is 1. The van der Waals surface area contributed by atoms with Crippen LogP contribution in [-0.2, 0) is 14.3 Å². The zero-order valence-corrected chi connectivity index (χ0v) is 15.3. The Morgan fingerprint density at radius 1 is 1.32 bits per heavy atom. The molecule has 2 fully saturated rings. The fraction of sp³-hybridized carbons (Fsp3) is 0.474. The van der Waals surface area contributed by atoms with Crippen molar-refractivity contribution in [1.82, 2.24) is 4.90 Å². The van der Waals surface area contributed by atoms with E-state index < -0.39 is 11.5 Å². The predicted octanol–water partition coefficient (Wildman–Crippen LogP) is 2.39. The monoisotopic (exact) mass is 361 g/mol. The number of amides is 1. The molecular weight excluding hydrogens is 342 g/mol. The van der Waals surface area contributed by atoms with E-state index in [1.807, 2.05) is 0 Å². The first-order valence-electron chi connectivity index (χ1n) is 8.16. The summed E-state index contributed by atoms with van der Waals surface area (Å²) < 4.78 is 10.8. The van der Waals surface area contributed by atoms with Gasteiger partial charge in [-0.15, -0.1) is 5.92 Å². The van der Waals surface area contributed by atoms with Gasteiger partial charge in [0.2, 0.25) is 5.91 Å². The van der Waals surface area contributed by atoms with Gasteiger partial charge >= 0.3 is 0 Å². The maximum Gasteiger partial charge on any atom is 0.238 e. The fourth-order valence-electron chi connectivity index (χ4n) is 3.75. The van der Waals surface area contributed by atoms with Gasteiger partial charge in [-0.1, -0.05) is 17.5 Å². The second-order valence-electron chi connectivity index (χ2n) is 6.29. The van der Waals surface area contributed by atoms with Gasteiger partial charge < -0.3 is 14.4 Å². The second-order valence-corrected chi connectivity index (χ2v) is 6.69. The highest BCUT2D eigenvalue weighted by Crippen LogP contribution is 2.46. The van der Waals surface area contributed by atoms with E-state index in [4.69, 9.17) is 21.1 Å². The highest BCUT2D eigenvalue weighted by molar-refractivity contribution is 6.33. The van der Waals surface area contributed by atoms with Crippen LogP contribution in [-0.4, -0.2) is 49.5 Å². The topological polar surface area (TPSA) is 55.8 Å². The number of hydrogen-bond donors (Lipinski definition) is 0. The summed E-state index contributed by atoms with van der Waals surface area (Å²) in [6.45, 7) is 2.65. The molecule has 1 aromatic carbocycles. The number of methoxy groups -OCH3 is 1. The van der Waals surface area contributed by atoms with Gasteiger partial charge in [-0.25, -0.2) is 0 Å². The Morgan fingerprint density at radius 2 is 2.00 bits per heavy atom. The van der Waals surface area contributed by atoms with E-state index in [0.29, 0.717) is 48.0 Å². The lowest BCUT2D eigenvalue weighted by Crippen LogP contribution is -2.51. The molecule has 3 rings (SSSR count). The molecule has 132 valence electrons. The Balaban J connectivity index is 2.11. The Kier molecular flexibility index (Phi) is 4.77. The van der Waals surface area contributed by atoms with Crippen LogP contribution in [0.15, 0.2) is 12.1 Å². The summed E-state index contributed by atoms with van der Waals surface area (Å²) in [7, 11) is 3.18. The van der Waals surface area contributed by atoms with Crippen molar-refractivity contribution in [2.45, 2.75) is 31.2 Å². The summed E-state index contributed by atoms with van der Waals surface area (Å²) in [5.41, 5.74) is 0.298. The van der Waals surface area contributed by atoms with E-state index in [0.717, 1.165) is 0 Å². The number of Topliss-reactive ketones (excluding diaryl/α,β-unsaturated/α-hetero) is 1. The molecule has 0 N–H and O–H groups in total. The maximum absolute atomic E-state index is 13.3. The van der Waals surface area contributed by atoms with Gasteiger partial charge in [0.05, 0.1) is 7.11 Å². The molecule has 0 aliphatic carbocycles. The molecule has 0 aromatic heterocycles. The van der Waals surface area contributed by atoms with Gasteiger partial charge in [0, 0.05) is 49.3 Å². The van der Waals surface area contributed by atoms with Gasteiger partial charge in [-0.2, -0.15) is 0 Å². The third-order valence-electron chi connectivity index (χ3n) is 5.13. The van der Waals surface area contributed by atoms with Gasteiger partial charge in [-0.3, -0.25) is 9.59 Å². The van der Waals surface area contributed by atoms with Gasteiger partial charge in [0.25, 0.3) is 0 Å². The van der Waals surface area contributed by atoms with Crippen LogP contribution in [0.2, 0.25) is 5.02 Å². The average Bonchev–Trinajstić information content (AvgIpc) is 2.78. The molecule has 2 saturated heterocycles. The SMILES string of the molecule is CC#Cc1cc(Cl)c(C2C(=O)N(C)C3(CCOCC3)C2=O)c(OC)c1. The van der Waals surface area contributed by atoms with E-state index >= 15 is 0 Å². The van der Waals surface area contributed by atoms with Crippen LogP contribution in [0.25, 0.3) is 0 Å². The summed E-state index contributed by atoms with van der Waals surface area (Å²) in [5, 5.41) is 0.321. The Labute approximate surface area is 152 Å². The predicted molar refractivity (Wildman–Crippen MR) is 93.9 cm³/mol. The highest BCUT2D eigenvalue weighted by atomic mass is 35.5. The average molecular weight is 362 g/mol. The van der Waals surface area contributed by atoms with Crippen LogP contribution in [0.3, 0.4) is 0 Å². The third kappa shape index (κ3) is 2.70. The first-order chi connectivity index (χ1) is 12.0. The number of hydrogen-bond acceptors (Lipinski definition) is 4. The molecule has 2 aliphatic heterocycles. The highest BCUT2D eigenvalue weighted by Gasteiger charge is 2.58. The molecule has 0 saturated carbocycles. The summed E-state index contributed by atoms with van der Waals surface area (Å²) in [6, 6.07) is 3.39. The fourth-order valence-corrected chi connectivity index (χ4v) is 4.07. The molecule has 2 aliphatic rings. The maximum atomic E-state index is 13.3. The van der Waals surface area contributed by atoms with Crippen molar-refractivity contribution in [3.8, 4) is 17.6 Å². The number of benzene rings is 1. The molecule has 0 radical (unpaired) electrons. The van der Waals surface area contributed by atoms with Gasteiger partial charge in [0.1, 0.15) is 17.2 Å². The van der Waals surface area contributed by atoms with Crippen molar-refractivity contribution < 1.29 is 19.1 Å². The van der Waals surface area contributed by atoms with E-state index in [1.165, 1.54) is 7.11 Å². The van der Waals surface area contributed by atoms with E-state index in [2.05, 4.69) is 11.8 Å². The lowest BCUT2D eigenvalue weighted by Gasteiger charge is -2.37. The number of rotatable bonds is 2. The Morgan fingerprint density at radius 3 is 2.60 bits per heavy atom. The Bertz CT molecular complexity index is 787. The van der Waals surface area contributed by atoms with Crippen LogP contribution < -0.4 is 4.74 Å². The lowest BCUT2D eigenvalue weighted by molar-refractivity contribution is -0.135. The molecule has 1 atom stereocenters. The molecule has 25 heavy (non-hydrogen) atoms. The van der Waals surface area contributed by atoms with Crippen molar-refractivity contribution in [3.05, 3.63) is 28.3 Å². The molecule has 6 heteroatoms. The van der Waals surface area contributed by atoms with E-state index in [9.17, 15) is 9.59 Å². The minimum atomic E-state index is -0.950. The van der Waals surface area contributed by atoms with E-state index in [-0.39, 0.29) is 11.7 Å². The number of nitrogens with zero attached hydrogens (tertiary/aromatic N) is 1. The number of ketones is 1. The van der Waals surface area contributed by atoms with Crippen LogP contribution in [0.5, 0.6) is 5.75 Å². The quantitative estimate of drug-likeness (QED) is 0.599. The largest absolute Gasteiger partial charge is 0.496 e. The first-order valence-corrected chi connectivity index (χ1v) is 8.54. The van der Waals surface area contributed by atoms with Crippen molar-refractivity contribution in [2.75, 3.05) is 27.4 Å². The van der Waals surface area contributed by atoms with Gasteiger partial charge in [0.15, 0.2) is 5.78 Å². The zero-order chi connectivity index (χ0) is 18.2. The van der Waals surface area contributed by atoms with Crippen LogP contribution >= 0.6 is 11.6 Å². The van der Waals surface area contributed by atoms with Crippen LogP contribution in [0.4, 0.5) is 0 Å². The molecule has 1 unspecified atom stereocenters. The van der Waals surface area contributed by atoms with E-state index in [1.54, 1.807) is 31.0 Å². The summed E-state index contributed by atoms with van der Waals surface area (Å²) >= 11 is 6.44.